The predicted molar refractivity (Wildman–Crippen MR) is 61.8 cm³/mol. The van der Waals surface area contributed by atoms with Crippen LogP contribution >= 0.6 is 0 Å². The second-order valence-electron chi connectivity index (χ2n) is 5.97. The summed E-state index contributed by atoms with van der Waals surface area (Å²) in [5, 5.41) is 0. The molecule has 2 atom stereocenters. The highest BCUT2D eigenvalue weighted by Crippen LogP contribution is 2.47. The van der Waals surface area contributed by atoms with Crippen LogP contribution in [0.4, 0.5) is 0 Å². The van der Waals surface area contributed by atoms with Gasteiger partial charge < -0.3 is 4.74 Å². The first kappa shape index (κ1) is 10.1. The number of allylic oxidation sites excluding steroid dienone is 2. The topological polar surface area (TPSA) is 26.3 Å². The molecule has 86 valence electrons. The van der Waals surface area contributed by atoms with Crippen LogP contribution in [0.25, 0.3) is 0 Å². The second kappa shape index (κ2) is 3.22. The normalized spacial score (nSPS) is 35.8. The largest absolute Gasteiger partial charge is 0.490 e. The molecule has 0 bridgehead atoms. The first-order valence-electron chi connectivity index (χ1n) is 6.16. The Labute approximate surface area is 96.4 Å². The second-order valence-corrected chi connectivity index (χ2v) is 5.97. The van der Waals surface area contributed by atoms with Crippen molar-refractivity contribution in [2.24, 2.45) is 11.3 Å². The Balaban J connectivity index is 1.97. The lowest BCUT2D eigenvalue weighted by Crippen LogP contribution is -2.27. The Morgan fingerprint density at radius 3 is 3.00 bits per heavy atom. The Bertz CT molecular complexity index is 401. The van der Waals surface area contributed by atoms with Crippen LogP contribution in [0, 0.1) is 11.3 Å². The SMILES string of the molecule is CC1(C)CC(=O)C2=C(C1)O[C@H]1C=CCC[C@@H]21. The summed E-state index contributed by atoms with van der Waals surface area (Å²) in [7, 11) is 0. The highest BCUT2D eigenvalue weighted by atomic mass is 16.5. The van der Waals surface area contributed by atoms with E-state index in [0.29, 0.717) is 18.1 Å². The van der Waals surface area contributed by atoms with Crippen LogP contribution in [0.1, 0.15) is 39.5 Å². The van der Waals surface area contributed by atoms with Crippen LogP contribution in [-0.4, -0.2) is 11.9 Å². The van der Waals surface area contributed by atoms with Gasteiger partial charge in [0.25, 0.3) is 0 Å². The third-order valence-electron chi connectivity index (χ3n) is 3.89. The first-order valence-corrected chi connectivity index (χ1v) is 6.16. The van der Waals surface area contributed by atoms with Crippen molar-refractivity contribution in [2.75, 3.05) is 0 Å². The van der Waals surface area contributed by atoms with Crippen molar-refractivity contribution in [3.05, 3.63) is 23.5 Å². The molecule has 2 aliphatic carbocycles. The highest BCUT2D eigenvalue weighted by molar-refractivity contribution is 5.98. The van der Waals surface area contributed by atoms with E-state index < -0.39 is 0 Å². The number of carbonyl (C=O) groups is 1. The molecule has 0 radical (unpaired) electrons. The molecule has 2 nitrogen and oxygen atoms in total. The molecule has 1 heterocycles. The van der Waals surface area contributed by atoms with Crippen molar-refractivity contribution >= 4 is 5.78 Å². The fraction of sp³-hybridized carbons (Fsp3) is 0.643. The third-order valence-corrected chi connectivity index (χ3v) is 3.89. The summed E-state index contributed by atoms with van der Waals surface area (Å²) in [5.41, 5.74) is 1.10. The molecule has 2 heteroatoms. The van der Waals surface area contributed by atoms with E-state index in [1.807, 2.05) is 0 Å². The van der Waals surface area contributed by atoms with Crippen LogP contribution in [0.5, 0.6) is 0 Å². The van der Waals surface area contributed by atoms with E-state index in [2.05, 4.69) is 26.0 Å². The number of fused-ring (bicyclic) bond motifs is 2. The van der Waals surface area contributed by atoms with Gasteiger partial charge in [-0.3, -0.25) is 4.79 Å². The van der Waals surface area contributed by atoms with Crippen molar-refractivity contribution in [3.8, 4) is 0 Å². The maximum absolute atomic E-state index is 12.2. The van der Waals surface area contributed by atoms with Gasteiger partial charge in [0, 0.05) is 24.3 Å². The molecule has 16 heavy (non-hydrogen) atoms. The fourth-order valence-electron chi connectivity index (χ4n) is 3.20. The minimum absolute atomic E-state index is 0.0765. The van der Waals surface area contributed by atoms with Gasteiger partial charge in [-0.05, 0) is 24.3 Å². The zero-order valence-electron chi connectivity index (χ0n) is 9.95. The van der Waals surface area contributed by atoms with E-state index in [1.165, 1.54) is 0 Å². The van der Waals surface area contributed by atoms with Gasteiger partial charge in [-0.15, -0.1) is 0 Å². The first-order chi connectivity index (χ1) is 7.57. The summed E-state index contributed by atoms with van der Waals surface area (Å²) in [6, 6.07) is 0. The van der Waals surface area contributed by atoms with E-state index in [1.54, 1.807) is 0 Å². The molecule has 0 aromatic carbocycles. The Hall–Kier alpha value is -1.05. The van der Waals surface area contributed by atoms with Crippen molar-refractivity contribution < 1.29 is 9.53 Å². The Morgan fingerprint density at radius 1 is 1.38 bits per heavy atom. The number of Topliss-reactive ketones (excluding diaryl/α,β-unsaturated/α-hetero) is 1. The van der Waals surface area contributed by atoms with Crippen molar-refractivity contribution in [3.63, 3.8) is 0 Å². The molecule has 0 N–H and O–H groups in total. The van der Waals surface area contributed by atoms with Gasteiger partial charge >= 0.3 is 0 Å². The maximum Gasteiger partial charge on any atom is 0.163 e. The summed E-state index contributed by atoms with van der Waals surface area (Å²) >= 11 is 0. The van der Waals surface area contributed by atoms with Crippen LogP contribution in [-0.2, 0) is 9.53 Å². The molecular formula is C14H18O2. The summed E-state index contributed by atoms with van der Waals surface area (Å²) in [4.78, 5) is 12.2. The summed E-state index contributed by atoms with van der Waals surface area (Å²) in [6.07, 6.45) is 8.22. The average Bonchev–Trinajstić information content (AvgIpc) is 2.52. The van der Waals surface area contributed by atoms with Gasteiger partial charge in [0.1, 0.15) is 11.9 Å². The number of ketones is 1. The van der Waals surface area contributed by atoms with Gasteiger partial charge in [0.15, 0.2) is 5.78 Å². The molecule has 0 saturated heterocycles. The molecule has 0 amide bonds. The molecule has 1 aliphatic heterocycles. The van der Waals surface area contributed by atoms with E-state index in [0.717, 1.165) is 30.6 Å². The van der Waals surface area contributed by atoms with Gasteiger partial charge in [0.2, 0.25) is 0 Å². The molecule has 0 fully saturated rings. The maximum atomic E-state index is 12.2. The van der Waals surface area contributed by atoms with E-state index >= 15 is 0 Å². The summed E-state index contributed by atoms with van der Waals surface area (Å²) < 4.78 is 5.95. The van der Waals surface area contributed by atoms with Crippen molar-refractivity contribution in [1.29, 1.82) is 0 Å². The molecule has 3 aliphatic rings. The predicted octanol–water partition coefficient (Wildman–Crippen LogP) is 2.99. The van der Waals surface area contributed by atoms with Gasteiger partial charge in [0.05, 0.1) is 0 Å². The zero-order valence-corrected chi connectivity index (χ0v) is 9.95. The molecule has 0 aromatic heterocycles. The summed E-state index contributed by atoms with van der Waals surface area (Å²) in [5.74, 6) is 1.67. The fourth-order valence-corrected chi connectivity index (χ4v) is 3.20. The van der Waals surface area contributed by atoms with E-state index in [-0.39, 0.29) is 11.5 Å². The van der Waals surface area contributed by atoms with Crippen LogP contribution in [0.15, 0.2) is 23.5 Å². The lowest BCUT2D eigenvalue weighted by atomic mass is 9.73. The van der Waals surface area contributed by atoms with Gasteiger partial charge in [-0.25, -0.2) is 0 Å². The number of hydrogen-bond acceptors (Lipinski definition) is 2. The average molecular weight is 218 g/mol. The number of hydrogen-bond donors (Lipinski definition) is 0. The molecule has 0 saturated carbocycles. The number of ether oxygens (including phenoxy) is 1. The van der Waals surface area contributed by atoms with E-state index in [4.69, 9.17) is 4.74 Å². The van der Waals surface area contributed by atoms with Crippen molar-refractivity contribution in [2.45, 2.75) is 45.6 Å². The number of rotatable bonds is 0. The highest BCUT2D eigenvalue weighted by Gasteiger charge is 2.45. The zero-order chi connectivity index (χ0) is 11.3. The van der Waals surface area contributed by atoms with Gasteiger partial charge in [-0.1, -0.05) is 19.9 Å². The lowest BCUT2D eigenvalue weighted by Gasteiger charge is -2.29. The smallest absolute Gasteiger partial charge is 0.163 e. The lowest BCUT2D eigenvalue weighted by molar-refractivity contribution is -0.118. The quantitative estimate of drug-likeness (QED) is 0.584. The Morgan fingerprint density at radius 2 is 2.19 bits per heavy atom. The summed E-state index contributed by atoms with van der Waals surface area (Å²) in [6.45, 7) is 4.30. The van der Waals surface area contributed by atoms with Crippen LogP contribution in [0.3, 0.4) is 0 Å². The van der Waals surface area contributed by atoms with Gasteiger partial charge in [-0.2, -0.15) is 0 Å². The van der Waals surface area contributed by atoms with Crippen LogP contribution in [0.2, 0.25) is 0 Å². The van der Waals surface area contributed by atoms with Crippen LogP contribution < -0.4 is 0 Å². The molecule has 3 rings (SSSR count). The molecule has 0 spiro atoms. The standard InChI is InChI=1S/C14H18O2/c1-14(2)7-10(15)13-9-5-3-4-6-11(9)16-12(13)8-14/h4,6,9,11H,3,5,7-8H2,1-2H3/t9-,11+/m1/s1. The third kappa shape index (κ3) is 1.43. The minimum Gasteiger partial charge on any atom is -0.490 e. The molecule has 0 aromatic rings. The Kier molecular flexibility index (Phi) is 2.04. The van der Waals surface area contributed by atoms with E-state index in [9.17, 15) is 4.79 Å². The minimum atomic E-state index is 0.0765. The number of carbonyl (C=O) groups excluding carboxylic acids is 1. The van der Waals surface area contributed by atoms with Crippen molar-refractivity contribution in [1.82, 2.24) is 0 Å². The molecule has 0 unspecified atom stereocenters. The monoisotopic (exact) mass is 218 g/mol. The molecular weight excluding hydrogens is 200 g/mol.